The lowest BCUT2D eigenvalue weighted by Crippen LogP contribution is -2.41. The van der Waals surface area contributed by atoms with Crippen LogP contribution in [0.25, 0.3) is 0 Å². The van der Waals surface area contributed by atoms with Gasteiger partial charge < -0.3 is 5.32 Å². The van der Waals surface area contributed by atoms with Crippen molar-refractivity contribution in [2.45, 2.75) is 51.5 Å². The molecule has 0 amide bonds. The smallest absolute Gasteiger partial charge is 0.129 e. The molecule has 0 heterocycles. The molecule has 1 aliphatic rings. The van der Waals surface area contributed by atoms with Crippen LogP contribution >= 0.6 is 0 Å². The zero-order chi connectivity index (χ0) is 14.3. The first-order chi connectivity index (χ1) is 8.78. The van der Waals surface area contributed by atoms with E-state index in [-0.39, 0.29) is 11.0 Å². The van der Waals surface area contributed by atoms with E-state index in [9.17, 15) is 8.78 Å². The second-order valence-electron chi connectivity index (χ2n) is 6.69. The summed E-state index contributed by atoms with van der Waals surface area (Å²) in [7, 11) is 0. The van der Waals surface area contributed by atoms with Crippen LogP contribution in [0.3, 0.4) is 0 Å². The second-order valence-corrected chi connectivity index (χ2v) is 6.69. The zero-order valence-corrected chi connectivity index (χ0v) is 12.2. The molecule has 0 bridgehead atoms. The van der Waals surface area contributed by atoms with Crippen LogP contribution in [0.15, 0.2) is 18.2 Å². The van der Waals surface area contributed by atoms with Crippen LogP contribution in [-0.2, 0) is 5.41 Å². The van der Waals surface area contributed by atoms with E-state index in [0.717, 1.165) is 25.5 Å². The Balaban J connectivity index is 2.25. The molecule has 1 nitrogen and oxygen atoms in total. The maximum atomic E-state index is 14.0. The van der Waals surface area contributed by atoms with Gasteiger partial charge in [-0.25, -0.2) is 8.78 Å². The molecular formula is C16H23F2N. The predicted molar refractivity (Wildman–Crippen MR) is 74.2 cm³/mol. The summed E-state index contributed by atoms with van der Waals surface area (Å²) in [6.45, 7) is 9.18. The average Bonchev–Trinajstić information content (AvgIpc) is 3.00. The van der Waals surface area contributed by atoms with Crippen molar-refractivity contribution in [3.8, 4) is 0 Å². The summed E-state index contributed by atoms with van der Waals surface area (Å²) in [6, 6.07) is 3.98. The van der Waals surface area contributed by atoms with Crippen LogP contribution in [-0.4, -0.2) is 12.1 Å². The minimum atomic E-state index is -0.506. The van der Waals surface area contributed by atoms with Crippen LogP contribution in [0.1, 0.15) is 46.1 Å². The fraction of sp³-hybridized carbons (Fsp3) is 0.625. The van der Waals surface area contributed by atoms with Gasteiger partial charge in [0.15, 0.2) is 0 Å². The Bertz CT molecular complexity index is 464. The van der Waals surface area contributed by atoms with Gasteiger partial charge in [-0.3, -0.25) is 0 Å². The number of hydrogen-bond donors (Lipinski definition) is 1. The van der Waals surface area contributed by atoms with Crippen molar-refractivity contribution in [1.29, 1.82) is 0 Å². The highest BCUT2D eigenvalue weighted by molar-refractivity contribution is 5.36. The van der Waals surface area contributed by atoms with Gasteiger partial charge in [-0.2, -0.15) is 0 Å². The quantitative estimate of drug-likeness (QED) is 0.868. The molecule has 2 atom stereocenters. The fourth-order valence-corrected chi connectivity index (χ4v) is 2.87. The molecule has 2 unspecified atom stereocenters. The van der Waals surface area contributed by atoms with Crippen molar-refractivity contribution in [2.24, 2.45) is 5.92 Å². The molecule has 1 aliphatic carbocycles. The lowest BCUT2D eigenvalue weighted by molar-refractivity contribution is 0.382. The monoisotopic (exact) mass is 267 g/mol. The van der Waals surface area contributed by atoms with E-state index in [4.69, 9.17) is 0 Å². The molecular weight excluding hydrogens is 244 g/mol. The standard InChI is InChI=1S/C16H23F2N/c1-5-11-9-16(11,10-19-15(2,3)4)13-7-6-12(17)8-14(13)18/h6-8,11,19H,5,9-10H2,1-4H3. The van der Waals surface area contributed by atoms with Crippen molar-refractivity contribution >= 4 is 0 Å². The van der Waals surface area contributed by atoms with Crippen LogP contribution < -0.4 is 5.32 Å². The van der Waals surface area contributed by atoms with Gasteiger partial charge in [0.1, 0.15) is 11.6 Å². The molecule has 1 saturated carbocycles. The van der Waals surface area contributed by atoms with Gasteiger partial charge in [-0.15, -0.1) is 0 Å². The Kier molecular flexibility index (Phi) is 3.69. The Labute approximate surface area is 114 Å². The molecule has 1 aromatic rings. The molecule has 2 rings (SSSR count). The number of hydrogen-bond acceptors (Lipinski definition) is 1. The van der Waals surface area contributed by atoms with Crippen molar-refractivity contribution in [2.75, 3.05) is 6.54 Å². The number of halogens is 2. The van der Waals surface area contributed by atoms with Crippen LogP contribution in [0.4, 0.5) is 8.78 Å². The summed E-state index contributed by atoms with van der Waals surface area (Å²) in [5, 5.41) is 3.47. The average molecular weight is 267 g/mol. The van der Waals surface area contributed by atoms with E-state index in [0.29, 0.717) is 11.5 Å². The highest BCUT2D eigenvalue weighted by Crippen LogP contribution is 2.56. The summed E-state index contributed by atoms with van der Waals surface area (Å²) in [5.74, 6) is -0.428. The van der Waals surface area contributed by atoms with Gasteiger partial charge in [0, 0.05) is 23.6 Å². The summed E-state index contributed by atoms with van der Waals surface area (Å²) in [5.41, 5.74) is 0.516. The minimum absolute atomic E-state index is 0.00435. The van der Waals surface area contributed by atoms with Crippen LogP contribution in [0, 0.1) is 17.6 Å². The minimum Gasteiger partial charge on any atom is -0.311 e. The molecule has 0 aliphatic heterocycles. The van der Waals surface area contributed by atoms with E-state index in [1.807, 2.05) is 0 Å². The summed E-state index contributed by atoms with van der Waals surface area (Å²) < 4.78 is 27.1. The summed E-state index contributed by atoms with van der Waals surface area (Å²) in [4.78, 5) is 0. The van der Waals surface area contributed by atoms with Crippen molar-refractivity contribution < 1.29 is 8.78 Å². The molecule has 1 fully saturated rings. The normalized spacial score (nSPS) is 26.5. The third kappa shape index (κ3) is 2.97. The number of rotatable bonds is 4. The van der Waals surface area contributed by atoms with Gasteiger partial charge in [-0.1, -0.05) is 19.4 Å². The molecule has 1 N–H and O–H groups in total. The van der Waals surface area contributed by atoms with Gasteiger partial charge in [0.25, 0.3) is 0 Å². The fourth-order valence-electron chi connectivity index (χ4n) is 2.87. The van der Waals surface area contributed by atoms with E-state index < -0.39 is 11.6 Å². The Hall–Kier alpha value is -0.960. The first-order valence-corrected chi connectivity index (χ1v) is 6.99. The van der Waals surface area contributed by atoms with E-state index in [2.05, 4.69) is 33.0 Å². The van der Waals surface area contributed by atoms with Crippen LogP contribution in [0.2, 0.25) is 0 Å². The Morgan fingerprint density at radius 1 is 1.32 bits per heavy atom. The lowest BCUT2D eigenvalue weighted by atomic mass is 9.90. The zero-order valence-electron chi connectivity index (χ0n) is 12.2. The first-order valence-electron chi connectivity index (χ1n) is 6.99. The number of nitrogens with one attached hydrogen (secondary N) is 1. The molecule has 0 saturated heterocycles. The molecule has 3 heteroatoms. The Morgan fingerprint density at radius 3 is 2.47 bits per heavy atom. The maximum absolute atomic E-state index is 14.0. The topological polar surface area (TPSA) is 12.0 Å². The molecule has 0 spiro atoms. The largest absolute Gasteiger partial charge is 0.311 e. The van der Waals surface area contributed by atoms with Crippen molar-refractivity contribution in [1.82, 2.24) is 5.32 Å². The molecule has 106 valence electrons. The molecule has 0 aromatic heterocycles. The molecule has 19 heavy (non-hydrogen) atoms. The highest BCUT2D eigenvalue weighted by Gasteiger charge is 2.55. The van der Waals surface area contributed by atoms with Gasteiger partial charge in [-0.05, 0) is 44.7 Å². The maximum Gasteiger partial charge on any atom is 0.129 e. The van der Waals surface area contributed by atoms with Crippen molar-refractivity contribution in [3.05, 3.63) is 35.4 Å². The van der Waals surface area contributed by atoms with Gasteiger partial charge in [0.05, 0.1) is 0 Å². The lowest BCUT2D eigenvalue weighted by Gasteiger charge is -2.27. The SMILES string of the molecule is CCC1CC1(CNC(C)(C)C)c1ccc(F)cc1F. The van der Waals surface area contributed by atoms with E-state index >= 15 is 0 Å². The number of benzene rings is 1. The summed E-state index contributed by atoms with van der Waals surface area (Å²) >= 11 is 0. The Morgan fingerprint density at radius 2 is 2.00 bits per heavy atom. The van der Waals surface area contributed by atoms with Crippen molar-refractivity contribution in [3.63, 3.8) is 0 Å². The predicted octanol–water partition coefficient (Wildman–Crippen LogP) is 4.02. The van der Waals surface area contributed by atoms with Gasteiger partial charge >= 0.3 is 0 Å². The van der Waals surface area contributed by atoms with E-state index in [1.54, 1.807) is 6.07 Å². The third-order valence-electron chi connectivity index (χ3n) is 4.13. The highest BCUT2D eigenvalue weighted by atomic mass is 19.1. The molecule has 0 radical (unpaired) electrons. The van der Waals surface area contributed by atoms with Gasteiger partial charge in [0.2, 0.25) is 0 Å². The van der Waals surface area contributed by atoms with Crippen LogP contribution in [0.5, 0.6) is 0 Å². The van der Waals surface area contributed by atoms with E-state index in [1.165, 1.54) is 6.07 Å². The second kappa shape index (κ2) is 4.86. The first kappa shape index (κ1) is 14.4. The molecule has 1 aromatic carbocycles. The summed E-state index contributed by atoms with van der Waals surface area (Å²) in [6.07, 6.45) is 2.01. The third-order valence-corrected chi connectivity index (χ3v) is 4.13.